The summed E-state index contributed by atoms with van der Waals surface area (Å²) in [5.74, 6) is 2.46. The first kappa shape index (κ1) is 18.0. The lowest BCUT2D eigenvalue weighted by Crippen LogP contribution is -2.58. The second kappa shape index (κ2) is 5.35. The van der Waals surface area contributed by atoms with E-state index in [-0.39, 0.29) is 20.4 Å². The molecule has 0 radical (unpaired) electrons. The smallest absolute Gasteiger partial charge is 0.314 e. The molecule has 0 N–H and O–H groups in total. The highest BCUT2D eigenvalue weighted by Gasteiger charge is 2.59. The molecule has 4 rings (SSSR count). The molecule has 4 aliphatic rings. The lowest BCUT2D eigenvalue weighted by atomic mass is 9.54. The van der Waals surface area contributed by atoms with E-state index in [9.17, 15) is 4.79 Å². The van der Waals surface area contributed by atoms with E-state index in [1.54, 1.807) is 0 Å². The van der Waals surface area contributed by atoms with Crippen molar-refractivity contribution in [3.05, 3.63) is 0 Å². The van der Waals surface area contributed by atoms with Gasteiger partial charge in [0.2, 0.25) is 0 Å². The zero-order chi connectivity index (χ0) is 17.3. The van der Waals surface area contributed by atoms with E-state index in [2.05, 4.69) is 64.1 Å². The molecule has 0 spiro atoms. The molecule has 0 aromatic carbocycles. The fourth-order valence-electron chi connectivity index (χ4n) is 5.90. The molecule has 0 aliphatic heterocycles. The van der Waals surface area contributed by atoms with Gasteiger partial charge in [-0.05, 0) is 82.5 Å². The van der Waals surface area contributed by atoms with Crippen LogP contribution in [0.1, 0.15) is 80.1 Å². The van der Waals surface area contributed by atoms with Gasteiger partial charge in [0.15, 0.2) is 0 Å². The van der Waals surface area contributed by atoms with Gasteiger partial charge in [0.05, 0.1) is 5.41 Å². The number of halogens is 1. The first-order chi connectivity index (χ1) is 10.4. The molecule has 132 valence electrons. The summed E-state index contributed by atoms with van der Waals surface area (Å²) in [6.07, 6.45) is 7.49. The summed E-state index contributed by atoms with van der Waals surface area (Å²) >= 11 is 2.44. The van der Waals surface area contributed by atoms with Crippen LogP contribution in [0.25, 0.3) is 0 Å². The molecule has 1 atom stereocenters. The SMILES string of the molecule is CC(C)(C)C(C)(C(=O)OC12CC3CC(CC(C3)C1)C2)C(C)(C)I. The van der Waals surface area contributed by atoms with E-state index >= 15 is 0 Å². The summed E-state index contributed by atoms with van der Waals surface area (Å²) in [7, 11) is 0. The average molecular weight is 432 g/mol. The van der Waals surface area contributed by atoms with Crippen LogP contribution >= 0.6 is 22.6 Å². The molecule has 3 heteroatoms. The van der Waals surface area contributed by atoms with Crippen LogP contribution in [0, 0.1) is 28.6 Å². The Labute approximate surface area is 155 Å². The van der Waals surface area contributed by atoms with E-state index in [4.69, 9.17) is 4.74 Å². The Morgan fingerprint density at radius 2 is 1.30 bits per heavy atom. The van der Waals surface area contributed by atoms with Crippen molar-refractivity contribution >= 4 is 28.6 Å². The summed E-state index contributed by atoms with van der Waals surface area (Å²) in [4.78, 5) is 13.4. The fraction of sp³-hybridized carbons (Fsp3) is 0.950. The predicted molar refractivity (Wildman–Crippen MR) is 103 cm³/mol. The topological polar surface area (TPSA) is 26.3 Å². The van der Waals surface area contributed by atoms with E-state index in [1.165, 1.54) is 19.3 Å². The summed E-state index contributed by atoms with van der Waals surface area (Å²) < 4.78 is 6.27. The third-order valence-corrected chi connectivity index (χ3v) is 8.47. The van der Waals surface area contributed by atoms with Gasteiger partial charge in [-0.2, -0.15) is 0 Å². The van der Waals surface area contributed by atoms with Gasteiger partial charge in [-0.1, -0.05) is 43.4 Å². The van der Waals surface area contributed by atoms with Crippen molar-refractivity contribution in [2.45, 2.75) is 89.1 Å². The summed E-state index contributed by atoms with van der Waals surface area (Å²) in [6.45, 7) is 13.0. The number of esters is 1. The Morgan fingerprint density at radius 1 is 0.913 bits per heavy atom. The second-order valence-corrected chi connectivity index (χ2v) is 13.0. The first-order valence-corrected chi connectivity index (χ1v) is 10.4. The fourth-order valence-corrected chi connectivity index (χ4v) is 6.92. The van der Waals surface area contributed by atoms with Crippen LogP contribution in [0.4, 0.5) is 0 Å². The van der Waals surface area contributed by atoms with Gasteiger partial charge in [0.25, 0.3) is 0 Å². The Kier molecular flexibility index (Phi) is 4.19. The van der Waals surface area contributed by atoms with Gasteiger partial charge in [0, 0.05) is 3.42 Å². The van der Waals surface area contributed by atoms with Gasteiger partial charge in [-0.15, -0.1) is 0 Å². The maximum atomic E-state index is 13.4. The van der Waals surface area contributed by atoms with Gasteiger partial charge in [-0.25, -0.2) is 0 Å². The maximum Gasteiger partial charge on any atom is 0.314 e. The van der Waals surface area contributed by atoms with Crippen LogP contribution in [0.15, 0.2) is 0 Å². The highest BCUT2D eigenvalue weighted by Crippen LogP contribution is 2.59. The molecule has 0 saturated heterocycles. The van der Waals surface area contributed by atoms with E-state index in [0.717, 1.165) is 37.0 Å². The number of alkyl halides is 1. The van der Waals surface area contributed by atoms with Crippen LogP contribution in [0.2, 0.25) is 0 Å². The molecule has 0 aromatic rings. The zero-order valence-corrected chi connectivity index (χ0v) is 17.8. The monoisotopic (exact) mass is 432 g/mol. The normalized spacial score (nSPS) is 39.2. The third-order valence-electron chi connectivity index (χ3n) is 7.39. The minimum atomic E-state index is -0.496. The van der Waals surface area contributed by atoms with Crippen LogP contribution < -0.4 is 0 Å². The Morgan fingerprint density at radius 3 is 1.61 bits per heavy atom. The standard InChI is InChI=1S/C20H33IO2/c1-17(2,3)19(6,18(4,5)21)16(22)23-20-10-13-7-14(11-20)9-15(8-13)12-20/h13-15H,7-12H2,1-6H3. The third kappa shape index (κ3) is 2.87. The molecule has 4 fully saturated rings. The summed E-state index contributed by atoms with van der Waals surface area (Å²) in [5.41, 5.74) is -0.763. The van der Waals surface area contributed by atoms with Crippen molar-refractivity contribution < 1.29 is 9.53 Å². The minimum absolute atomic E-state index is 0.0337. The highest BCUT2D eigenvalue weighted by atomic mass is 127. The number of carbonyl (C=O) groups excluding carboxylic acids is 1. The maximum absolute atomic E-state index is 13.4. The van der Waals surface area contributed by atoms with E-state index in [1.807, 2.05) is 0 Å². The minimum Gasteiger partial charge on any atom is -0.459 e. The van der Waals surface area contributed by atoms with Crippen molar-refractivity contribution in [3.8, 4) is 0 Å². The zero-order valence-electron chi connectivity index (χ0n) is 15.7. The van der Waals surface area contributed by atoms with Crippen LogP contribution in [0.5, 0.6) is 0 Å². The molecule has 4 aliphatic carbocycles. The van der Waals surface area contributed by atoms with Gasteiger partial charge < -0.3 is 4.74 Å². The summed E-state index contributed by atoms with van der Waals surface area (Å²) in [5, 5.41) is 0. The molecule has 1 unspecified atom stereocenters. The van der Waals surface area contributed by atoms with Crippen molar-refractivity contribution in [2.75, 3.05) is 0 Å². The molecule has 4 saturated carbocycles. The van der Waals surface area contributed by atoms with Gasteiger partial charge in [0.1, 0.15) is 5.60 Å². The van der Waals surface area contributed by atoms with E-state index in [0.29, 0.717) is 0 Å². The van der Waals surface area contributed by atoms with Gasteiger partial charge in [-0.3, -0.25) is 4.79 Å². The van der Waals surface area contributed by atoms with Crippen molar-refractivity contribution in [2.24, 2.45) is 28.6 Å². The molecule has 2 nitrogen and oxygen atoms in total. The van der Waals surface area contributed by atoms with E-state index < -0.39 is 5.41 Å². The number of carbonyl (C=O) groups is 1. The Hall–Kier alpha value is 0.200. The van der Waals surface area contributed by atoms with Crippen molar-refractivity contribution in [1.82, 2.24) is 0 Å². The molecular weight excluding hydrogens is 399 g/mol. The molecule has 0 aromatic heterocycles. The number of rotatable bonds is 3. The molecule has 23 heavy (non-hydrogen) atoms. The number of hydrogen-bond donors (Lipinski definition) is 0. The average Bonchev–Trinajstić information content (AvgIpc) is 2.32. The predicted octanol–water partition coefficient (Wildman–Crippen LogP) is 5.76. The van der Waals surface area contributed by atoms with Crippen LogP contribution in [-0.4, -0.2) is 15.0 Å². The molecule has 0 heterocycles. The molecular formula is C20H33IO2. The first-order valence-electron chi connectivity index (χ1n) is 9.29. The van der Waals surface area contributed by atoms with Crippen LogP contribution in [-0.2, 0) is 9.53 Å². The number of hydrogen-bond acceptors (Lipinski definition) is 2. The lowest BCUT2D eigenvalue weighted by Gasteiger charge is -2.57. The summed E-state index contributed by atoms with van der Waals surface area (Å²) in [6, 6.07) is 0. The Bertz CT molecular complexity index is 445. The lowest BCUT2D eigenvalue weighted by molar-refractivity contribution is -0.203. The number of ether oxygens (including phenoxy) is 1. The van der Waals surface area contributed by atoms with Crippen molar-refractivity contribution in [3.63, 3.8) is 0 Å². The Balaban J connectivity index is 1.86. The quantitative estimate of drug-likeness (QED) is 0.322. The van der Waals surface area contributed by atoms with Gasteiger partial charge >= 0.3 is 5.97 Å². The largest absolute Gasteiger partial charge is 0.459 e. The molecule has 4 bridgehead atoms. The highest BCUT2D eigenvalue weighted by molar-refractivity contribution is 14.1. The van der Waals surface area contributed by atoms with Crippen molar-refractivity contribution in [1.29, 1.82) is 0 Å². The van der Waals surface area contributed by atoms with Crippen LogP contribution in [0.3, 0.4) is 0 Å². The second-order valence-electron chi connectivity index (χ2n) is 10.3. The molecule has 0 amide bonds.